The molecule has 0 saturated heterocycles. The summed E-state index contributed by atoms with van der Waals surface area (Å²) >= 11 is 0. The van der Waals surface area contributed by atoms with Crippen molar-refractivity contribution in [2.45, 2.75) is 30.7 Å². The van der Waals surface area contributed by atoms with Crippen molar-refractivity contribution < 1.29 is 27.1 Å². The fourth-order valence-electron chi connectivity index (χ4n) is 2.72. The number of sulfonamides is 1. The van der Waals surface area contributed by atoms with Crippen LogP contribution in [0.4, 0.5) is 4.39 Å². The van der Waals surface area contributed by atoms with Crippen molar-refractivity contribution >= 4 is 15.9 Å². The summed E-state index contributed by atoms with van der Waals surface area (Å²) < 4.78 is 50.1. The smallest absolute Gasteiger partial charge is 0.240 e. The molecule has 2 N–H and O–H groups in total. The van der Waals surface area contributed by atoms with Crippen LogP contribution in [0, 0.1) is 5.82 Å². The zero-order valence-corrected chi connectivity index (χ0v) is 17.4. The molecule has 0 aliphatic heterocycles. The number of carbonyl (C=O) groups is 1. The fraction of sp³-hybridized carbons (Fsp3) is 0.350. The Morgan fingerprint density at radius 3 is 2.41 bits per heavy atom. The second-order valence-electron chi connectivity index (χ2n) is 6.35. The van der Waals surface area contributed by atoms with Gasteiger partial charge in [0.2, 0.25) is 15.9 Å². The molecule has 9 heteroatoms. The van der Waals surface area contributed by atoms with E-state index in [2.05, 4.69) is 10.0 Å². The highest BCUT2D eigenvalue weighted by molar-refractivity contribution is 7.89. The number of methoxy groups -OCH3 is 2. The van der Waals surface area contributed by atoms with Crippen LogP contribution in [-0.4, -0.2) is 35.1 Å². The quantitative estimate of drug-likeness (QED) is 0.572. The summed E-state index contributed by atoms with van der Waals surface area (Å²) in [5.74, 6) is 0.550. The van der Waals surface area contributed by atoms with Gasteiger partial charge in [0.1, 0.15) is 17.3 Å². The lowest BCUT2D eigenvalue weighted by Crippen LogP contribution is -2.29. The second kappa shape index (κ2) is 10.2. The average molecular weight is 424 g/mol. The molecule has 2 aromatic rings. The van der Waals surface area contributed by atoms with Gasteiger partial charge in [-0.15, -0.1) is 0 Å². The molecule has 2 rings (SSSR count). The molecule has 0 aromatic heterocycles. The molecular weight excluding hydrogens is 399 g/mol. The molecule has 0 saturated carbocycles. The third-order valence-electron chi connectivity index (χ3n) is 4.28. The third-order valence-corrected chi connectivity index (χ3v) is 5.75. The van der Waals surface area contributed by atoms with Crippen molar-refractivity contribution in [3.05, 3.63) is 53.8 Å². The number of nitrogens with one attached hydrogen (secondary N) is 2. The molecule has 158 valence electrons. The molecule has 0 fully saturated rings. The minimum absolute atomic E-state index is 0.0258. The van der Waals surface area contributed by atoms with Gasteiger partial charge in [0.15, 0.2) is 0 Å². The first kappa shape index (κ1) is 22.6. The number of halogens is 1. The van der Waals surface area contributed by atoms with Gasteiger partial charge < -0.3 is 14.8 Å². The van der Waals surface area contributed by atoms with Crippen molar-refractivity contribution in [1.82, 2.24) is 10.0 Å². The molecule has 0 aliphatic carbocycles. The average Bonchev–Trinajstić information content (AvgIpc) is 2.71. The van der Waals surface area contributed by atoms with Gasteiger partial charge in [-0.25, -0.2) is 17.5 Å². The van der Waals surface area contributed by atoms with Crippen LogP contribution in [0.5, 0.6) is 11.5 Å². The number of amides is 1. The van der Waals surface area contributed by atoms with E-state index in [9.17, 15) is 17.6 Å². The molecule has 29 heavy (non-hydrogen) atoms. The molecule has 0 radical (unpaired) electrons. The van der Waals surface area contributed by atoms with Gasteiger partial charge in [-0.3, -0.25) is 4.79 Å². The zero-order chi connectivity index (χ0) is 21.4. The summed E-state index contributed by atoms with van der Waals surface area (Å²) in [6, 6.07) is 9.54. The fourth-order valence-corrected chi connectivity index (χ4v) is 3.80. The molecule has 0 aliphatic rings. The van der Waals surface area contributed by atoms with Crippen molar-refractivity contribution in [2.24, 2.45) is 0 Å². The summed E-state index contributed by atoms with van der Waals surface area (Å²) in [6.07, 6.45) is 0.455. The van der Waals surface area contributed by atoms with Crippen LogP contribution in [0.15, 0.2) is 47.4 Å². The standard InChI is InChI=1S/C20H25FN2O5S/c1-14(18-13-16(27-2)8-11-19(18)28-3)23-20(24)5-4-12-22-29(25,26)17-9-6-15(21)7-10-17/h6-11,13-14,22H,4-5,12H2,1-3H3,(H,23,24)/t14-/m1/s1. The Kier molecular flexibility index (Phi) is 7.98. The van der Waals surface area contributed by atoms with Crippen LogP contribution in [0.25, 0.3) is 0 Å². The maximum atomic E-state index is 12.9. The molecule has 0 unspecified atom stereocenters. The number of ether oxygens (including phenoxy) is 2. The van der Waals surface area contributed by atoms with Crippen LogP contribution >= 0.6 is 0 Å². The summed E-state index contributed by atoms with van der Waals surface area (Å²) in [5, 5.41) is 2.86. The van der Waals surface area contributed by atoms with Crippen molar-refractivity contribution in [1.29, 1.82) is 0 Å². The van der Waals surface area contributed by atoms with Crippen LogP contribution in [0.2, 0.25) is 0 Å². The Morgan fingerprint density at radius 2 is 1.79 bits per heavy atom. The van der Waals surface area contributed by atoms with Gasteiger partial charge in [0.25, 0.3) is 0 Å². The van der Waals surface area contributed by atoms with E-state index in [0.29, 0.717) is 17.9 Å². The molecule has 1 amide bonds. The Bertz CT molecular complexity index is 932. The van der Waals surface area contributed by atoms with Crippen LogP contribution in [0.1, 0.15) is 31.4 Å². The highest BCUT2D eigenvalue weighted by Gasteiger charge is 2.16. The van der Waals surface area contributed by atoms with Gasteiger partial charge in [-0.1, -0.05) is 0 Å². The van der Waals surface area contributed by atoms with Crippen molar-refractivity contribution in [3.8, 4) is 11.5 Å². The minimum atomic E-state index is -3.74. The summed E-state index contributed by atoms with van der Waals surface area (Å²) in [5.41, 5.74) is 0.775. The normalized spacial score (nSPS) is 12.3. The van der Waals surface area contributed by atoms with Gasteiger partial charge in [0.05, 0.1) is 25.2 Å². The summed E-state index contributed by atoms with van der Waals surface area (Å²) in [7, 11) is -0.630. The maximum Gasteiger partial charge on any atom is 0.240 e. The summed E-state index contributed by atoms with van der Waals surface area (Å²) in [4.78, 5) is 12.2. The minimum Gasteiger partial charge on any atom is -0.497 e. The number of rotatable bonds is 10. The van der Waals surface area contributed by atoms with Gasteiger partial charge in [-0.2, -0.15) is 0 Å². The number of carbonyl (C=O) groups excluding carboxylic acids is 1. The van der Waals surface area contributed by atoms with E-state index in [1.807, 2.05) is 6.92 Å². The van der Waals surface area contributed by atoms with Gasteiger partial charge >= 0.3 is 0 Å². The van der Waals surface area contributed by atoms with Crippen molar-refractivity contribution in [2.75, 3.05) is 20.8 Å². The monoisotopic (exact) mass is 424 g/mol. The molecule has 7 nitrogen and oxygen atoms in total. The maximum absolute atomic E-state index is 12.9. The number of hydrogen-bond acceptors (Lipinski definition) is 5. The van der Waals surface area contributed by atoms with E-state index in [-0.39, 0.29) is 29.8 Å². The van der Waals surface area contributed by atoms with Crippen LogP contribution in [0.3, 0.4) is 0 Å². The first-order valence-corrected chi connectivity index (χ1v) is 10.5. The van der Waals surface area contributed by atoms with E-state index in [0.717, 1.165) is 17.7 Å². The lowest BCUT2D eigenvalue weighted by molar-refractivity contribution is -0.121. The lowest BCUT2D eigenvalue weighted by atomic mass is 10.1. The molecule has 0 bridgehead atoms. The van der Waals surface area contributed by atoms with Crippen LogP contribution < -0.4 is 19.5 Å². The van der Waals surface area contributed by atoms with E-state index < -0.39 is 15.8 Å². The first-order valence-electron chi connectivity index (χ1n) is 9.03. The molecule has 0 heterocycles. The van der Waals surface area contributed by atoms with E-state index in [4.69, 9.17) is 9.47 Å². The summed E-state index contributed by atoms with van der Waals surface area (Å²) in [6.45, 7) is 1.91. The highest BCUT2D eigenvalue weighted by atomic mass is 32.2. The molecule has 0 spiro atoms. The molecule has 2 aromatic carbocycles. The predicted molar refractivity (Wildman–Crippen MR) is 107 cm³/mol. The van der Waals surface area contributed by atoms with Gasteiger partial charge in [-0.05, 0) is 55.8 Å². The second-order valence-corrected chi connectivity index (χ2v) is 8.12. The number of benzene rings is 2. The first-order chi connectivity index (χ1) is 13.8. The van der Waals surface area contributed by atoms with Crippen LogP contribution in [-0.2, 0) is 14.8 Å². The Morgan fingerprint density at radius 1 is 1.10 bits per heavy atom. The highest BCUT2D eigenvalue weighted by Crippen LogP contribution is 2.29. The van der Waals surface area contributed by atoms with E-state index in [1.54, 1.807) is 32.4 Å². The third kappa shape index (κ3) is 6.43. The Balaban J connectivity index is 1.85. The Labute approximate surface area is 170 Å². The van der Waals surface area contributed by atoms with Gasteiger partial charge in [0, 0.05) is 18.5 Å². The number of hydrogen-bond donors (Lipinski definition) is 2. The lowest BCUT2D eigenvalue weighted by Gasteiger charge is -2.18. The zero-order valence-electron chi connectivity index (χ0n) is 16.6. The topological polar surface area (TPSA) is 93.7 Å². The SMILES string of the molecule is COc1ccc(OC)c([C@@H](C)NC(=O)CCCNS(=O)(=O)c2ccc(F)cc2)c1. The van der Waals surface area contributed by atoms with E-state index >= 15 is 0 Å². The predicted octanol–water partition coefficient (Wildman–Crippen LogP) is 2.78. The largest absolute Gasteiger partial charge is 0.497 e. The van der Waals surface area contributed by atoms with E-state index in [1.165, 1.54) is 12.1 Å². The Hall–Kier alpha value is -2.65. The molecular formula is C20H25FN2O5S. The van der Waals surface area contributed by atoms with Crippen molar-refractivity contribution in [3.63, 3.8) is 0 Å². The molecule has 1 atom stereocenters.